The molecule has 0 bridgehead atoms. The lowest BCUT2D eigenvalue weighted by Gasteiger charge is -2.21. The highest BCUT2D eigenvalue weighted by atomic mass is 16.1. The molecule has 0 spiro atoms. The van der Waals surface area contributed by atoms with Crippen LogP contribution in [0.15, 0.2) is 24.3 Å². The van der Waals surface area contributed by atoms with Crippen molar-refractivity contribution in [3.63, 3.8) is 0 Å². The van der Waals surface area contributed by atoms with Gasteiger partial charge in [-0.05, 0) is 43.0 Å². The van der Waals surface area contributed by atoms with Gasteiger partial charge in [-0.3, -0.25) is 4.79 Å². The van der Waals surface area contributed by atoms with Gasteiger partial charge in [0.15, 0.2) is 0 Å². The summed E-state index contributed by atoms with van der Waals surface area (Å²) in [5, 5.41) is 6.36. The SMILES string of the molecule is CCCNc1ccc(C(=O)NCCC2CCCCC2)cc1. The Labute approximate surface area is 128 Å². The first-order chi connectivity index (χ1) is 10.3. The molecule has 1 aliphatic carbocycles. The lowest BCUT2D eigenvalue weighted by molar-refractivity contribution is 0.0950. The summed E-state index contributed by atoms with van der Waals surface area (Å²) >= 11 is 0. The quantitative estimate of drug-likeness (QED) is 0.789. The molecule has 0 aromatic heterocycles. The van der Waals surface area contributed by atoms with E-state index in [9.17, 15) is 4.79 Å². The number of hydrogen-bond donors (Lipinski definition) is 2. The first kappa shape index (κ1) is 15.9. The van der Waals surface area contributed by atoms with Crippen LogP contribution in [-0.4, -0.2) is 19.0 Å². The van der Waals surface area contributed by atoms with Crippen molar-refractivity contribution in [2.24, 2.45) is 5.92 Å². The highest BCUT2D eigenvalue weighted by Crippen LogP contribution is 2.25. The van der Waals surface area contributed by atoms with E-state index in [4.69, 9.17) is 0 Å². The summed E-state index contributed by atoms with van der Waals surface area (Å²) in [4.78, 5) is 12.1. The summed E-state index contributed by atoms with van der Waals surface area (Å²) in [5.41, 5.74) is 1.83. The van der Waals surface area contributed by atoms with Crippen LogP contribution in [0.2, 0.25) is 0 Å². The van der Waals surface area contributed by atoms with Crippen molar-refractivity contribution < 1.29 is 4.79 Å². The molecule has 2 rings (SSSR count). The summed E-state index contributed by atoms with van der Waals surface area (Å²) in [6, 6.07) is 7.75. The zero-order chi connectivity index (χ0) is 14.9. The van der Waals surface area contributed by atoms with Gasteiger partial charge >= 0.3 is 0 Å². The topological polar surface area (TPSA) is 41.1 Å². The molecule has 0 radical (unpaired) electrons. The molecule has 1 amide bonds. The predicted octanol–water partition coefficient (Wildman–Crippen LogP) is 4.21. The van der Waals surface area contributed by atoms with Crippen LogP contribution in [-0.2, 0) is 0 Å². The van der Waals surface area contributed by atoms with E-state index in [1.165, 1.54) is 32.1 Å². The highest BCUT2D eigenvalue weighted by Gasteiger charge is 2.13. The van der Waals surface area contributed by atoms with Crippen molar-refractivity contribution in [1.29, 1.82) is 0 Å². The van der Waals surface area contributed by atoms with Gasteiger partial charge in [-0.25, -0.2) is 0 Å². The highest BCUT2D eigenvalue weighted by molar-refractivity contribution is 5.94. The van der Waals surface area contributed by atoms with Crippen molar-refractivity contribution in [2.45, 2.75) is 51.9 Å². The molecule has 1 aromatic rings. The van der Waals surface area contributed by atoms with Crippen LogP contribution in [0, 0.1) is 5.92 Å². The maximum Gasteiger partial charge on any atom is 0.251 e. The molecule has 0 aliphatic heterocycles. The van der Waals surface area contributed by atoms with Gasteiger partial charge in [0.25, 0.3) is 5.91 Å². The number of hydrogen-bond acceptors (Lipinski definition) is 2. The van der Waals surface area contributed by atoms with Crippen LogP contribution in [0.3, 0.4) is 0 Å². The van der Waals surface area contributed by atoms with Gasteiger partial charge in [-0.2, -0.15) is 0 Å². The van der Waals surface area contributed by atoms with Crippen molar-refractivity contribution >= 4 is 11.6 Å². The number of anilines is 1. The van der Waals surface area contributed by atoms with Gasteiger partial charge in [0.2, 0.25) is 0 Å². The second-order valence-electron chi connectivity index (χ2n) is 6.05. The largest absolute Gasteiger partial charge is 0.385 e. The number of amides is 1. The summed E-state index contributed by atoms with van der Waals surface area (Å²) in [5.74, 6) is 0.868. The Balaban J connectivity index is 1.72. The molecule has 116 valence electrons. The summed E-state index contributed by atoms with van der Waals surface area (Å²) < 4.78 is 0. The fourth-order valence-corrected chi connectivity index (χ4v) is 2.98. The number of benzene rings is 1. The molecule has 1 aromatic carbocycles. The Bertz CT molecular complexity index is 421. The minimum atomic E-state index is 0.0489. The normalized spacial score (nSPS) is 15.7. The first-order valence-corrected chi connectivity index (χ1v) is 8.41. The Morgan fingerprint density at radius 1 is 1.10 bits per heavy atom. The summed E-state index contributed by atoms with van der Waals surface area (Å²) in [7, 11) is 0. The van der Waals surface area contributed by atoms with Crippen molar-refractivity contribution in [2.75, 3.05) is 18.4 Å². The third-order valence-electron chi connectivity index (χ3n) is 4.29. The molecular weight excluding hydrogens is 260 g/mol. The van der Waals surface area contributed by atoms with E-state index in [1.807, 2.05) is 24.3 Å². The third-order valence-corrected chi connectivity index (χ3v) is 4.29. The van der Waals surface area contributed by atoms with Gasteiger partial charge in [0, 0.05) is 24.3 Å². The van der Waals surface area contributed by atoms with E-state index in [2.05, 4.69) is 17.6 Å². The van der Waals surface area contributed by atoms with E-state index in [-0.39, 0.29) is 5.91 Å². The van der Waals surface area contributed by atoms with E-state index in [0.29, 0.717) is 0 Å². The minimum Gasteiger partial charge on any atom is -0.385 e. The van der Waals surface area contributed by atoms with Crippen LogP contribution in [0.25, 0.3) is 0 Å². The summed E-state index contributed by atoms with van der Waals surface area (Å²) in [6.07, 6.45) is 9.03. The van der Waals surface area contributed by atoms with Gasteiger partial charge < -0.3 is 10.6 Å². The Hall–Kier alpha value is -1.51. The monoisotopic (exact) mass is 288 g/mol. The molecule has 1 aliphatic rings. The second kappa shape index (κ2) is 8.71. The molecule has 0 atom stereocenters. The van der Waals surface area contributed by atoms with Gasteiger partial charge in [0.05, 0.1) is 0 Å². The van der Waals surface area contributed by atoms with Crippen LogP contribution in [0.4, 0.5) is 5.69 Å². The maximum absolute atomic E-state index is 12.1. The van der Waals surface area contributed by atoms with Crippen LogP contribution >= 0.6 is 0 Å². The summed E-state index contributed by atoms with van der Waals surface area (Å²) in [6.45, 7) is 3.91. The molecule has 1 saturated carbocycles. The molecule has 3 nitrogen and oxygen atoms in total. The fraction of sp³-hybridized carbons (Fsp3) is 0.611. The molecule has 2 N–H and O–H groups in total. The third kappa shape index (κ3) is 5.41. The number of carbonyl (C=O) groups is 1. The van der Waals surface area contributed by atoms with Gasteiger partial charge in [0.1, 0.15) is 0 Å². The Kier molecular flexibility index (Phi) is 6.58. The Morgan fingerprint density at radius 3 is 2.48 bits per heavy atom. The van der Waals surface area contributed by atoms with Gasteiger partial charge in [-0.1, -0.05) is 39.0 Å². The number of carbonyl (C=O) groups excluding carboxylic acids is 1. The average molecular weight is 288 g/mol. The number of rotatable bonds is 7. The lowest BCUT2D eigenvalue weighted by atomic mass is 9.87. The standard InChI is InChI=1S/C18H28N2O/c1-2-13-19-17-10-8-16(9-11-17)18(21)20-14-12-15-6-4-3-5-7-15/h8-11,15,19H,2-7,12-14H2,1H3,(H,20,21). The molecule has 21 heavy (non-hydrogen) atoms. The number of nitrogens with one attached hydrogen (secondary N) is 2. The molecular formula is C18H28N2O. The smallest absolute Gasteiger partial charge is 0.251 e. The van der Waals surface area contributed by atoms with E-state index >= 15 is 0 Å². The second-order valence-corrected chi connectivity index (χ2v) is 6.05. The van der Waals surface area contributed by atoms with Crippen LogP contribution in [0.5, 0.6) is 0 Å². The zero-order valence-corrected chi connectivity index (χ0v) is 13.2. The fourth-order valence-electron chi connectivity index (χ4n) is 2.98. The Morgan fingerprint density at radius 2 is 1.81 bits per heavy atom. The van der Waals surface area contributed by atoms with Crippen LogP contribution in [0.1, 0.15) is 62.2 Å². The first-order valence-electron chi connectivity index (χ1n) is 8.41. The predicted molar refractivity (Wildman–Crippen MR) is 88.7 cm³/mol. The molecule has 0 unspecified atom stereocenters. The molecule has 0 saturated heterocycles. The minimum absolute atomic E-state index is 0.0489. The van der Waals surface area contributed by atoms with E-state index in [1.54, 1.807) is 0 Å². The van der Waals surface area contributed by atoms with Crippen molar-refractivity contribution in [3.05, 3.63) is 29.8 Å². The zero-order valence-electron chi connectivity index (χ0n) is 13.2. The molecule has 0 heterocycles. The molecule has 3 heteroatoms. The van der Waals surface area contributed by atoms with E-state index in [0.717, 1.165) is 43.1 Å². The van der Waals surface area contributed by atoms with Crippen molar-refractivity contribution in [1.82, 2.24) is 5.32 Å². The van der Waals surface area contributed by atoms with Gasteiger partial charge in [-0.15, -0.1) is 0 Å². The van der Waals surface area contributed by atoms with Crippen LogP contribution < -0.4 is 10.6 Å². The maximum atomic E-state index is 12.1. The molecule has 1 fully saturated rings. The van der Waals surface area contributed by atoms with E-state index < -0.39 is 0 Å². The lowest BCUT2D eigenvalue weighted by Crippen LogP contribution is -2.26. The van der Waals surface area contributed by atoms with Crippen molar-refractivity contribution in [3.8, 4) is 0 Å². The average Bonchev–Trinajstić information content (AvgIpc) is 2.54.